The maximum absolute atomic E-state index is 9.41. The van der Waals surface area contributed by atoms with Crippen molar-refractivity contribution in [1.82, 2.24) is 4.90 Å². The van der Waals surface area contributed by atoms with Crippen LogP contribution in [0.3, 0.4) is 0 Å². The third kappa shape index (κ3) is 8.68. The largest absolute Gasteiger partial charge is 0.396 e. The van der Waals surface area contributed by atoms with E-state index in [9.17, 15) is 10.2 Å². The van der Waals surface area contributed by atoms with Crippen LogP contribution in [0, 0.1) is 0 Å². The molecule has 0 saturated carbocycles. The standard InChI is InChI=1S/C29H44N2O2S/c1-28(19-11-23-32,25-13-5-3-6-14-25)17-9-21-31(27(30)34)22-10-18-29(2,20-12-24-33)26-15-7-4-8-16-26/h3-8,13-16,32-33H,9-12,17-24H2,1-2H3,(H2,30,34). The Morgan fingerprint density at radius 3 is 1.38 bits per heavy atom. The molecule has 2 aromatic carbocycles. The van der Waals surface area contributed by atoms with Gasteiger partial charge in [0.2, 0.25) is 0 Å². The highest BCUT2D eigenvalue weighted by molar-refractivity contribution is 7.80. The van der Waals surface area contributed by atoms with Gasteiger partial charge in [-0.15, -0.1) is 0 Å². The minimum absolute atomic E-state index is 0.0298. The van der Waals surface area contributed by atoms with Crippen molar-refractivity contribution in [2.24, 2.45) is 5.73 Å². The Bertz CT molecular complexity index is 769. The second kappa shape index (κ2) is 14.4. The monoisotopic (exact) mass is 484 g/mol. The highest BCUT2D eigenvalue weighted by atomic mass is 32.1. The summed E-state index contributed by atoms with van der Waals surface area (Å²) in [5.41, 5.74) is 8.82. The number of hydrogen-bond acceptors (Lipinski definition) is 3. The highest BCUT2D eigenvalue weighted by Crippen LogP contribution is 2.35. The Balaban J connectivity index is 1.96. The van der Waals surface area contributed by atoms with Crippen molar-refractivity contribution in [3.05, 3.63) is 71.8 Å². The minimum Gasteiger partial charge on any atom is -0.396 e. The molecule has 0 saturated heterocycles. The number of rotatable bonds is 16. The molecule has 0 bridgehead atoms. The molecule has 0 heterocycles. The summed E-state index contributed by atoms with van der Waals surface area (Å²) in [7, 11) is 0. The molecular weight excluding hydrogens is 440 g/mol. The van der Waals surface area contributed by atoms with E-state index in [2.05, 4.69) is 67.3 Å². The number of aliphatic hydroxyl groups is 2. The van der Waals surface area contributed by atoms with E-state index in [-0.39, 0.29) is 24.0 Å². The van der Waals surface area contributed by atoms with Gasteiger partial charge in [-0.05, 0) is 85.5 Å². The predicted octanol–water partition coefficient (Wildman–Crippen LogP) is 5.55. The smallest absolute Gasteiger partial charge is 0.166 e. The summed E-state index contributed by atoms with van der Waals surface area (Å²) >= 11 is 5.40. The van der Waals surface area contributed by atoms with E-state index in [1.165, 1.54) is 11.1 Å². The molecule has 0 aliphatic rings. The molecule has 34 heavy (non-hydrogen) atoms. The van der Waals surface area contributed by atoms with E-state index in [0.717, 1.165) is 64.5 Å². The van der Waals surface area contributed by atoms with Gasteiger partial charge in [-0.25, -0.2) is 0 Å². The lowest BCUT2D eigenvalue weighted by Gasteiger charge is -2.33. The van der Waals surface area contributed by atoms with Gasteiger partial charge in [-0.3, -0.25) is 0 Å². The lowest BCUT2D eigenvalue weighted by atomic mass is 9.75. The SMILES string of the molecule is CC(CCCO)(CCCN(CCCC(C)(CCCO)c1ccccc1)C(N)=S)c1ccccc1. The second-order valence-electron chi connectivity index (χ2n) is 10.0. The van der Waals surface area contributed by atoms with Crippen LogP contribution in [-0.4, -0.2) is 46.5 Å². The molecule has 0 aromatic heterocycles. The Labute approximate surface area is 212 Å². The number of aliphatic hydroxyl groups excluding tert-OH is 2. The van der Waals surface area contributed by atoms with Gasteiger partial charge in [0, 0.05) is 26.3 Å². The van der Waals surface area contributed by atoms with Crippen LogP contribution in [0.1, 0.15) is 76.3 Å². The first-order valence-corrected chi connectivity index (χ1v) is 13.1. The molecule has 2 rings (SSSR count). The van der Waals surface area contributed by atoms with Crippen LogP contribution in [0.25, 0.3) is 0 Å². The summed E-state index contributed by atoms with van der Waals surface area (Å²) < 4.78 is 0. The van der Waals surface area contributed by atoms with Crippen LogP contribution in [0.2, 0.25) is 0 Å². The summed E-state index contributed by atoms with van der Waals surface area (Å²) in [6.07, 6.45) is 7.56. The van der Waals surface area contributed by atoms with Crippen molar-refractivity contribution in [2.75, 3.05) is 26.3 Å². The first-order valence-electron chi connectivity index (χ1n) is 12.7. The third-order valence-corrected chi connectivity index (χ3v) is 7.60. The number of nitrogens with zero attached hydrogens (tertiary/aromatic N) is 1. The lowest BCUT2D eigenvalue weighted by molar-refractivity contribution is 0.251. The zero-order chi connectivity index (χ0) is 24.9. The molecule has 5 heteroatoms. The molecule has 0 radical (unpaired) electrons. The van der Waals surface area contributed by atoms with Crippen molar-refractivity contribution in [2.45, 2.75) is 76.0 Å². The van der Waals surface area contributed by atoms with Crippen molar-refractivity contribution in [1.29, 1.82) is 0 Å². The topological polar surface area (TPSA) is 69.7 Å². The van der Waals surface area contributed by atoms with Gasteiger partial charge in [0.15, 0.2) is 5.11 Å². The van der Waals surface area contributed by atoms with Crippen molar-refractivity contribution < 1.29 is 10.2 Å². The molecule has 0 fully saturated rings. The van der Waals surface area contributed by atoms with Crippen molar-refractivity contribution in [3.8, 4) is 0 Å². The molecule has 2 aromatic rings. The zero-order valence-electron chi connectivity index (χ0n) is 21.1. The van der Waals surface area contributed by atoms with Crippen LogP contribution in [0.5, 0.6) is 0 Å². The first kappa shape index (κ1) is 28.3. The van der Waals surface area contributed by atoms with E-state index < -0.39 is 0 Å². The molecule has 0 aliphatic heterocycles. The maximum atomic E-state index is 9.41. The summed E-state index contributed by atoms with van der Waals surface area (Å²) in [5.74, 6) is 0. The van der Waals surface area contributed by atoms with Crippen LogP contribution >= 0.6 is 12.2 Å². The number of thiocarbonyl (C=S) groups is 1. The van der Waals surface area contributed by atoms with Crippen molar-refractivity contribution >= 4 is 17.3 Å². The van der Waals surface area contributed by atoms with Gasteiger partial charge in [0.25, 0.3) is 0 Å². The van der Waals surface area contributed by atoms with Gasteiger partial charge in [0.1, 0.15) is 0 Å². The zero-order valence-corrected chi connectivity index (χ0v) is 21.9. The maximum Gasteiger partial charge on any atom is 0.166 e. The van der Waals surface area contributed by atoms with Crippen LogP contribution < -0.4 is 5.73 Å². The Kier molecular flexibility index (Phi) is 12.0. The molecule has 0 amide bonds. The molecule has 188 valence electrons. The summed E-state index contributed by atoms with van der Waals surface area (Å²) in [6, 6.07) is 21.2. The first-order chi connectivity index (χ1) is 16.3. The number of hydrogen-bond donors (Lipinski definition) is 3. The van der Waals surface area contributed by atoms with Gasteiger partial charge in [0.05, 0.1) is 0 Å². The van der Waals surface area contributed by atoms with E-state index in [1.807, 2.05) is 12.1 Å². The average Bonchev–Trinajstić information content (AvgIpc) is 2.86. The summed E-state index contributed by atoms with van der Waals surface area (Å²) in [5, 5.41) is 19.3. The van der Waals surface area contributed by atoms with Gasteiger partial charge in [-0.2, -0.15) is 0 Å². The number of nitrogens with two attached hydrogens (primary N) is 1. The Hall–Kier alpha value is -1.95. The molecule has 4 nitrogen and oxygen atoms in total. The van der Waals surface area contributed by atoms with E-state index in [4.69, 9.17) is 18.0 Å². The second-order valence-corrected chi connectivity index (χ2v) is 10.5. The molecule has 0 spiro atoms. The quantitative estimate of drug-likeness (QED) is 0.272. The Morgan fingerprint density at radius 1 is 0.706 bits per heavy atom. The highest BCUT2D eigenvalue weighted by Gasteiger charge is 2.27. The summed E-state index contributed by atoms with van der Waals surface area (Å²) in [6.45, 7) is 6.73. The van der Waals surface area contributed by atoms with Crippen LogP contribution in [0.15, 0.2) is 60.7 Å². The molecular formula is C29H44N2O2S. The van der Waals surface area contributed by atoms with E-state index in [1.54, 1.807) is 0 Å². The van der Waals surface area contributed by atoms with E-state index >= 15 is 0 Å². The molecule has 2 atom stereocenters. The molecule has 0 aliphatic carbocycles. The fourth-order valence-electron chi connectivity index (χ4n) is 5.10. The fraction of sp³-hybridized carbons (Fsp3) is 0.552. The summed E-state index contributed by atoms with van der Waals surface area (Å²) in [4.78, 5) is 2.14. The van der Waals surface area contributed by atoms with Gasteiger partial charge < -0.3 is 20.8 Å². The van der Waals surface area contributed by atoms with Crippen LogP contribution in [0.4, 0.5) is 0 Å². The average molecular weight is 485 g/mol. The van der Waals surface area contributed by atoms with Crippen molar-refractivity contribution in [3.63, 3.8) is 0 Å². The normalized spacial score (nSPS) is 14.8. The fourth-order valence-corrected chi connectivity index (χ4v) is 5.28. The third-order valence-electron chi connectivity index (χ3n) is 7.34. The molecule has 4 N–H and O–H groups in total. The van der Waals surface area contributed by atoms with E-state index in [0.29, 0.717) is 5.11 Å². The number of benzene rings is 2. The van der Waals surface area contributed by atoms with Crippen LogP contribution in [-0.2, 0) is 10.8 Å². The minimum atomic E-state index is 0.0298. The van der Waals surface area contributed by atoms with Gasteiger partial charge in [-0.1, -0.05) is 74.5 Å². The molecule has 2 unspecified atom stereocenters. The van der Waals surface area contributed by atoms with Gasteiger partial charge >= 0.3 is 0 Å². The lowest BCUT2D eigenvalue weighted by Crippen LogP contribution is -2.38. The predicted molar refractivity (Wildman–Crippen MR) is 147 cm³/mol. The Morgan fingerprint density at radius 2 is 1.06 bits per heavy atom.